The van der Waals surface area contributed by atoms with Crippen molar-refractivity contribution in [3.8, 4) is 11.8 Å². The third-order valence-corrected chi connectivity index (χ3v) is 3.26. The van der Waals surface area contributed by atoms with Crippen molar-refractivity contribution >= 4 is 11.6 Å². The maximum absolute atomic E-state index is 12.4. The van der Waals surface area contributed by atoms with Gasteiger partial charge >= 0.3 is 0 Å². The molecule has 0 aliphatic carbocycles. The summed E-state index contributed by atoms with van der Waals surface area (Å²) in [6.07, 6.45) is 0.187. The number of nitrogens with zero attached hydrogens (tertiary/aromatic N) is 2. The zero-order valence-corrected chi connectivity index (χ0v) is 11.1. The van der Waals surface area contributed by atoms with Crippen LogP contribution in [-0.4, -0.2) is 31.6 Å². The number of benzene rings is 1. The highest BCUT2D eigenvalue weighted by molar-refractivity contribution is 5.98. The van der Waals surface area contributed by atoms with E-state index in [9.17, 15) is 4.79 Å². The highest BCUT2D eigenvalue weighted by atomic mass is 16.5. The summed E-state index contributed by atoms with van der Waals surface area (Å²) >= 11 is 0. The van der Waals surface area contributed by atoms with Crippen LogP contribution in [0.15, 0.2) is 24.3 Å². The number of methoxy groups -OCH3 is 1. The maximum atomic E-state index is 12.4. The highest BCUT2D eigenvalue weighted by Gasteiger charge is 2.33. The molecule has 1 aromatic rings. The van der Waals surface area contributed by atoms with E-state index in [4.69, 9.17) is 10.00 Å². The quantitative estimate of drug-likeness (QED) is 0.888. The van der Waals surface area contributed by atoms with Crippen molar-refractivity contribution in [1.82, 2.24) is 5.32 Å². The Morgan fingerprint density at radius 1 is 1.58 bits per heavy atom. The minimum absolute atomic E-state index is 0.0505. The second-order valence-corrected chi connectivity index (χ2v) is 4.58. The summed E-state index contributed by atoms with van der Waals surface area (Å²) in [5, 5.41) is 11.9. The minimum atomic E-state index is -0.424. The molecule has 0 aromatic heterocycles. The maximum Gasteiger partial charge on any atom is 0.245 e. The second-order valence-electron chi connectivity index (χ2n) is 4.58. The second kappa shape index (κ2) is 5.72. The van der Waals surface area contributed by atoms with Gasteiger partial charge in [0.25, 0.3) is 0 Å². The number of anilines is 1. The van der Waals surface area contributed by atoms with E-state index in [-0.39, 0.29) is 18.4 Å². The van der Waals surface area contributed by atoms with Gasteiger partial charge in [0.05, 0.1) is 19.6 Å². The van der Waals surface area contributed by atoms with Gasteiger partial charge in [-0.15, -0.1) is 0 Å². The van der Waals surface area contributed by atoms with Crippen LogP contribution in [0.25, 0.3) is 0 Å². The number of nitrogens with one attached hydrogen (secondary N) is 1. The molecule has 1 N–H and O–H groups in total. The lowest BCUT2D eigenvalue weighted by molar-refractivity contribution is -0.122. The van der Waals surface area contributed by atoms with Crippen molar-refractivity contribution in [2.24, 2.45) is 0 Å². The van der Waals surface area contributed by atoms with Gasteiger partial charge in [0, 0.05) is 24.3 Å². The first kappa shape index (κ1) is 13.4. The van der Waals surface area contributed by atoms with Crippen LogP contribution < -0.4 is 15.0 Å². The summed E-state index contributed by atoms with van der Waals surface area (Å²) in [4.78, 5) is 14.1. The lowest BCUT2D eigenvalue weighted by atomic mass is 10.1. The summed E-state index contributed by atoms with van der Waals surface area (Å²) in [6.45, 7) is 2.66. The summed E-state index contributed by atoms with van der Waals surface area (Å²) in [7, 11) is 1.60. The van der Waals surface area contributed by atoms with Crippen LogP contribution in [0.2, 0.25) is 0 Å². The zero-order chi connectivity index (χ0) is 13.8. The SMILES string of the molecule is COc1cccc(N2C(=O)C(CC#N)NCC2C)c1. The van der Waals surface area contributed by atoms with Crippen LogP contribution in [0.5, 0.6) is 5.75 Å². The summed E-state index contributed by atoms with van der Waals surface area (Å²) in [5.41, 5.74) is 0.807. The van der Waals surface area contributed by atoms with Gasteiger partial charge in [-0.2, -0.15) is 5.26 Å². The van der Waals surface area contributed by atoms with Gasteiger partial charge in [-0.1, -0.05) is 6.07 Å². The molecule has 100 valence electrons. The average Bonchev–Trinajstić information content (AvgIpc) is 2.42. The molecule has 19 heavy (non-hydrogen) atoms. The van der Waals surface area contributed by atoms with E-state index in [0.29, 0.717) is 12.3 Å². The van der Waals surface area contributed by atoms with Gasteiger partial charge < -0.3 is 15.0 Å². The van der Waals surface area contributed by atoms with Crippen molar-refractivity contribution in [2.75, 3.05) is 18.6 Å². The molecule has 1 heterocycles. The van der Waals surface area contributed by atoms with Gasteiger partial charge in [0.1, 0.15) is 11.8 Å². The standard InChI is InChI=1S/C14H17N3O2/c1-10-9-16-13(6-7-15)14(18)17(10)11-4-3-5-12(8-11)19-2/h3-5,8,10,13,16H,6,9H2,1-2H3. The lowest BCUT2D eigenvalue weighted by Gasteiger charge is -2.37. The third-order valence-electron chi connectivity index (χ3n) is 3.26. The molecule has 2 rings (SSSR count). The molecule has 1 saturated heterocycles. The summed E-state index contributed by atoms with van der Waals surface area (Å²) in [5.74, 6) is 0.654. The topological polar surface area (TPSA) is 65.4 Å². The zero-order valence-electron chi connectivity index (χ0n) is 11.1. The molecule has 1 aliphatic heterocycles. The molecule has 2 atom stereocenters. The molecule has 1 aliphatic rings. The first-order valence-corrected chi connectivity index (χ1v) is 6.25. The van der Waals surface area contributed by atoms with E-state index in [1.165, 1.54) is 0 Å². The first-order valence-electron chi connectivity index (χ1n) is 6.25. The predicted octanol–water partition coefficient (Wildman–Crippen LogP) is 1.30. The summed E-state index contributed by atoms with van der Waals surface area (Å²) < 4.78 is 5.18. The Balaban J connectivity index is 2.29. The number of piperazine rings is 1. The molecule has 0 spiro atoms. The van der Waals surface area contributed by atoms with Crippen LogP contribution in [-0.2, 0) is 4.79 Å². The first-order chi connectivity index (χ1) is 9.17. The van der Waals surface area contributed by atoms with Crippen LogP contribution in [0.3, 0.4) is 0 Å². The van der Waals surface area contributed by atoms with Gasteiger partial charge in [0.15, 0.2) is 0 Å². The minimum Gasteiger partial charge on any atom is -0.497 e. The van der Waals surface area contributed by atoms with Gasteiger partial charge in [-0.3, -0.25) is 4.79 Å². The average molecular weight is 259 g/mol. The molecule has 1 fully saturated rings. The van der Waals surface area contributed by atoms with Crippen molar-refractivity contribution in [2.45, 2.75) is 25.4 Å². The highest BCUT2D eigenvalue weighted by Crippen LogP contribution is 2.25. The van der Waals surface area contributed by atoms with Crippen LogP contribution in [0.4, 0.5) is 5.69 Å². The van der Waals surface area contributed by atoms with Crippen molar-refractivity contribution in [3.05, 3.63) is 24.3 Å². The van der Waals surface area contributed by atoms with E-state index in [2.05, 4.69) is 5.32 Å². The molecular weight excluding hydrogens is 242 g/mol. The largest absolute Gasteiger partial charge is 0.497 e. The smallest absolute Gasteiger partial charge is 0.245 e. The Morgan fingerprint density at radius 2 is 2.37 bits per heavy atom. The predicted molar refractivity (Wildman–Crippen MR) is 72.0 cm³/mol. The van der Waals surface area contributed by atoms with E-state index in [1.54, 1.807) is 12.0 Å². The molecule has 0 radical (unpaired) electrons. The Morgan fingerprint density at radius 3 is 3.05 bits per heavy atom. The molecule has 0 bridgehead atoms. The number of ether oxygens (including phenoxy) is 1. The number of hydrogen-bond donors (Lipinski definition) is 1. The molecule has 2 unspecified atom stereocenters. The number of carbonyl (C=O) groups is 1. The Kier molecular flexibility index (Phi) is 4.03. The van der Waals surface area contributed by atoms with E-state index in [0.717, 1.165) is 5.69 Å². The molecule has 1 aromatic carbocycles. The fraction of sp³-hybridized carbons (Fsp3) is 0.429. The molecule has 1 amide bonds. The Bertz CT molecular complexity index is 510. The van der Waals surface area contributed by atoms with Gasteiger partial charge in [-0.25, -0.2) is 0 Å². The van der Waals surface area contributed by atoms with E-state index >= 15 is 0 Å². The number of hydrogen-bond acceptors (Lipinski definition) is 4. The van der Waals surface area contributed by atoms with E-state index < -0.39 is 6.04 Å². The number of amides is 1. The summed E-state index contributed by atoms with van der Waals surface area (Å²) in [6, 6.07) is 9.08. The van der Waals surface area contributed by atoms with Crippen molar-refractivity contribution in [3.63, 3.8) is 0 Å². The van der Waals surface area contributed by atoms with Gasteiger partial charge in [0.2, 0.25) is 5.91 Å². The monoisotopic (exact) mass is 259 g/mol. The molecular formula is C14H17N3O2. The molecule has 5 nitrogen and oxygen atoms in total. The fourth-order valence-corrected chi connectivity index (χ4v) is 2.27. The van der Waals surface area contributed by atoms with Crippen molar-refractivity contribution in [1.29, 1.82) is 5.26 Å². The normalized spacial score (nSPS) is 23.0. The number of nitriles is 1. The Labute approximate surface area is 112 Å². The van der Waals surface area contributed by atoms with E-state index in [1.807, 2.05) is 37.3 Å². The van der Waals surface area contributed by atoms with Gasteiger partial charge in [-0.05, 0) is 19.1 Å². The molecule has 5 heteroatoms. The van der Waals surface area contributed by atoms with Crippen LogP contribution in [0.1, 0.15) is 13.3 Å². The van der Waals surface area contributed by atoms with Crippen LogP contribution >= 0.6 is 0 Å². The number of carbonyl (C=O) groups excluding carboxylic acids is 1. The van der Waals surface area contributed by atoms with Crippen molar-refractivity contribution < 1.29 is 9.53 Å². The number of rotatable bonds is 3. The van der Waals surface area contributed by atoms with Crippen LogP contribution in [0, 0.1) is 11.3 Å². The fourth-order valence-electron chi connectivity index (χ4n) is 2.27. The lowest BCUT2D eigenvalue weighted by Crippen LogP contribution is -2.59. The Hall–Kier alpha value is -2.06. The molecule has 0 saturated carbocycles. The third kappa shape index (κ3) is 2.69.